The van der Waals surface area contributed by atoms with E-state index in [0.717, 1.165) is 43.4 Å². The fourth-order valence-corrected chi connectivity index (χ4v) is 4.79. The van der Waals surface area contributed by atoms with E-state index in [4.69, 9.17) is 4.74 Å². The highest BCUT2D eigenvalue weighted by molar-refractivity contribution is 6.09. The molecule has 1 spiro atoms. The lowest BCUT2D eigenvalue weighted by Crippen LogP contribution is -2.54. The van der Waals surface area contributed by atoms with Crippen LogP contribution in [0.1, 0.15) is 60.5 Å². The number of carbonyl (C=O) groups is 4. The number of nitrogens with zero attached hydrogens (tertiary/aromatic N) is 1. The minimum atomic E-state index is -0.907. The van der Waals surface area contributed by atoms with Crippen molar-refractivity contribution < 1.29 is 23.9 Å². The molecule has 4 rings (SSSR count). The van der Waals surface area contributed by atoms with Gasteiger partial charge in [-0.1, -0.05) is 31.9 Å². The molecule has 2 aliphatic carbocycles. The molecule has 1 heterocycles. The second-order valence-electron chi connectivity index (χ2n) is 8.36. The molecule has 7 nitrogen and oxygen atoms in total. The molecule has 0 aromatic heterocycles. The van der Waals surface area contributed by atoms with E-state index in [2.05, 4.69) is 5.32 Å². The molecule has 1 aliphatic heterocycles. The number of aryl methyl sites for hydroxylation is 2. The molecule has 1 aromatic rings. The lowest BCUT2D eigenvalue weighted by atomic mass is 9.73. The van der Waals surface area contributed by atoms with Crippen LogP contribution < -0.4 is 5.32 Å². The van der Waals surface area contributed by atoms with Crippen molar-refractivity contribution >= 4 is 23.7 Å². The molecule has 3 aliphatic rings. The SMILES string of the molecule is C[C@H]1CCCC[C@]12NC(=O)N(CC(=O)OCC(=O)c1ccc3c(c1)CCC3)C2=O. The molecule has 2 fully saturated rings. The fourth-order valence-electron chi connectivity index (χ4n) is 4.79. The first-order chi connectivity index (χ1) is 13.9. The Kier molecular flexibility index (Phi) is 5.15. The number of rotatable bonds is 5. The topological polar surface area (TPSA) is 92.8 Å². The number of carbonyl (C=O) groups excluding carboxylic acids is 4. The molecule has 1 saturated heterocycles. The third-order valence-electron chi connectivity index (χ3n) is 6.57. The Morgan fingerprint density at radius 1 is 1.17 bits per heavy atom. The van der Waals surface area contributed by atoms with Gasteiger partial charge in [-0.2, -0.15) is 0 Å². The number of ketones is 1. The van der Waals surface area contributed by atoms with Crippen LogP contribution >= 0.6 is 0 Å². The number of esters is 1. The Morgan fingerprint density at radius 2 is 1.97 bits per heavy atom. The molecule has 29 heavy (non-hydrogen) atoms. The van der Waals surface area contributed by atoms with Crippen LogP contribution in [0.25, 0.3) is 0 Å². The summed E-state index contributed by atoms with van der Waals surface area (Å²) in [4.78, 5) is 50.7. The van der Waals surface area contributed by atoms with Crippen LogP contribution in [0.15, 0.2) is 18.2 Å². The summed E-state index contributed by atoms with van der Waals surface area (Å²) < 4.78 is 5.08. The maximum Gasteiger partial charge on any atom is 0.326 e. The van der Waals surface area contributed by atoms with Gasteiger partial charge in [0.25, 0.3) is 5.91 Å². The van der Waals surface area contributed by atoms with E-state index in [9.17, 15) is 19.2 Å². The zero-order valence-electron chi connectivity index (χ0n) is 16.7. The van der Waals surface area contributed by atoms with E-state index in [1.165, 1.54) is 11.1 Å². The van der Waals surface area contributed by atoms with Crippen LogP contribution in [0.5, 0.6) is 0 Å². The number of benzene rings is 1. The summed E-state index contributed by atoms with van der Waals surface area (Å²) in [6, 6.07) is 5.01. The Balaban J connectivity index is 1.34. The van der Waals surface area contributed by atoms with E-state index in [-0.39, 0.29) is 17.6 Å². The number of hydrogen-bond donors (Lipinski definition) is 1. The molecule has 3 amide bonds. The number of nitrogens with one attached hydrogen (secondary N) is 1. The van der Waals surface area contributed by atoms with Gasteiger partial charge in [0, 0.05) is 5.56 Å². The molecule has 7 heteroatoms. The minimum Gasteiger partial charge on any atom is -0.456 e. The van der Waals surface area contributed by atoms with E-state index in [1.807, 2.05) is 19.1 Å². The summed E-state index contributed by atoms with van der Waals surface area (Å²) in [6.07, 6.45) is 6.42. The first kappa shape index (κ1) is 19.6. The lowest BCUT2D eigenvalue weighted by molar-refractivity contribution is -0.147. The van der Waals surface area contributed by atoms with Crippen molar-refractivity contribution in [1.29, 1.82) is 0 Å². The van der Waals surface area contributed by atoms with Gasteiger partial charge < -0.3 is 10.1 Å². The van der Waals surface area contributed by atoms with Crippen molar-refractivity contribution in [3.63, 3.8) is 0 Å². The molecule has 2 atom stereocenters. The van der Waals surface area contributed by atoms with Crippen molar-refractivity contribution in [2.75, 3.05) is 13.2 Å². The molecule has 0 bridgehead atoms. The summed E-state index contributed by atoms with van der Waals surface area (Å²) in [5, 5.41) is 2.80. The summed E-state index contributed by atoms with van der Waals surface area (Å²) in [5.41, 5.74) is 2.05. The number of ether oxygens (including phenoxy) is 1. The zero-order chi connectivity index (χ0) is 20.6. The average molecular weight is 398 g/mol. The van der Waals surface area contributed by atoms with Crippen LogP contribution in [0.4, 0.5) is 4.79 Å². The van der Waals surface area contributed by atoms with Gasteiger partial charge in [0.1, 0.15) is 12.1 Å². The standard InChI is InChI=1S/C22H26N2O5/c1-14-5-2-3-10-22(14)20(27)24(21(28)23-22)12-19(26)29-13-18(25)17-9-8-15-6-4-7-16(15)11-17/h8-9,11,14H,2-7,10,12-13H2,1H3,(H,23,28)/t14-,22-/m0/s1. The highest BCUT2D eigenvalue weighted by Gasteiger charge is 2.55. The molecular weight excluding hydrogens is 372 g/mol. The van der Waals surface area contributed by atoms with Crippen molar-refractivity contribution in [1.82, 2.24) is 10.2 Å². The Morgan fingerprint density at radius 3 is 2.76 bits per heavy atom. The smallest absolute Gasteiger partial charge is 0.326 e. The van der Waals surface area contributed by atoms with Gasteiger partial charge in [0.2, 0.25) is 0 Å². The van der Waals surface area contributed by atoms with Crippen LogP contribution in [0.3, 0.4) is 0 Å². The predicted molar refractivity (Wildman–Crippen MR) is 104 cm³/mol. The van der Waals surface area contributed by atoms with Gasteiger partial charge in [0.15, 0.2) is 12.4 Å². The Labute approximate surface area is 169 Å². The van der Waals surface area contributed by atoms with E-state index < -0.39 is 30.7 Å². The highest BCUT2D eigenvalue weighted by Crippen LogP contribution is 2.38. The number of urea groups is 1. The molecule has 1 aromatic carbocycles. The maximum absolute atomic E-state index is 12.9. The van der Waals surface area contributed by atoms with Crippen molar-refractivity contribution in [2.24, 2.45) is 5.92 Å². The van der Waals surface area contributed by atoms with E-state index in [0.29, 0.717) is 12.0 Å². The molecule has 0 unspecified atom stereocenters. The number of imide groups is 1. The molecule has 1 saturated carbocycles. The van der Waals surface area contributed by atoms with Gasteiger partial charge in [-0.15, -0.1) is 0 Å². The van der Waals surface area contributed by atoms with Gasteiger partial charge in [-0.05, 0) is 55.2 Å². The Bertz CT molecular complexity index is 880. The molecule has 1 N–H and O–H groups in total. The number of hydrogen-bond acceptors (Lipinski definition) is 5. The number of Topliss-reactive ketones (excluding diaryl/α,β-unsaturated/α-hetero) is 1. The van der Waals surface area contributed by atoms with Crippen LogP contribution in [-0.4, -0.2) is 47.3 Å². The highest BCUT2D eigenvalue weighted by atomic mass is 16.5. The van der Waals surface area contributed by atoms with Gasteiger partial charge in [-0.3, -0.25) is 19.3 Å². The van der Waals surface area contributed by atoms with Crippen molar-refractivity contribution in [3.8, 4) is 0 Å². The summed E-state index contributed by atoms with van der Waals surface area (Å²) in [6.45, 7) is 1.08. The largest absolute Gasteiger partial charge is 0.456 e. The first-order valence-corrected chi connectivity index (χ1v) is 10.4. The molecule has 0 radical (unpaired) electrons. The van der Waals surface area contributed by atoms with Gasteiger partial charge >= 0.3 is 12.0 Å². The Hall–Kier alpha value is -2.70. The monoisotopic (exact) mass is 398 g/mol. The fraction of sp³-hybridized carbons (Fsp3) is 0.545. The summed E-state index contributed by atoms with van der Waals surface area (Å²) in [5.74, 6) is -1.39. The van der Waals surface area contributed by atoms with Crippen LogP contribution in [-0.2, 0) is 27.2 Å². The normalized spacial score (nSPS) is 25.8. The van der Waals surface area contributed by atoms with E-state index in [1.54, 1.807) is 6.07 Å². The van der Waals surface area contributed by atoms with Crippen LogP contribution in [0.2, 0.25) is 0 Å². The predicted octanol–water partition coefficient (Wildman–Crippen LogP) is 2.40. The summed E-state index contributed by atoms with van der Waals surface area (Å²) >= 11 is 0. The first-order valence-electron chi connectivity index (χ1n) is 10.4. The quantitative estimate of drug-likeness (QED) is 0.467. The lowest BCUT2D eigenvalue weighted by Gasteiger charge is -2.36. The third kappa shape index (κ3) is 3.54. The van der Waals surface area contributed by atoms with Gasteiger partial charge in [0.05, 0.1) is 0 Å². The molecular formula is C22H26N2O5. The third-order valence-corrected chi connectivity index (χ3v) is 6.57. The average Bonchev–Trinajstić information content (AvgIpc) is 3.27. The summed E-state index contributed by atoms with van der Waals surface area (Å²) in [7, 11) is 0. The van der Waals surface area contributed by atoms with Crippen molar-refractivity contribution in [2.45, 2.75) is 57.4 Å². The second-order valence-corrected chi connectivity index (χ2v) is 8.36. The van der Waals surface area contributed by atoms with E-state index >= 15 is 0 Å². The second kappa shape index (κ2) is 7.61. The maximum atomic E-state index is 12.9. The van der Waals surface area contributed by atoms with Gasteiger partial charge in [-0.25, -0.2) is 4.79 Å². The zero-order valence-corrected chi connectivity index (χ0v) is 16.7. The van der Waals surface area contributed by atoms with Crippen molar-refractivity contribution in [3.05, 3.63) is 34.9 Å². The number of fused-ring (bicyclic) bond motifs is 1. The minimum absolute atomic E-state index is 0.0232. The molecule has 154 valence electrons. The van der Waals surface area contributed by atoms with Crippen LogP contribution in [0, 0.1) is 5.92 Å². The number of amides is 3.